The van der Waals surface area contributed by atoms with E-state index in [2.05, 4.69) is 17.6 Å². The maximum atomic E-state index is 11.8. The van der Waals surface area contributed by atoms with E-state index in [1.165, 1.54) is 19.3 Å². The Morgan fingerprint density at radius 3 is 2.20 bits per heavy atom. The van der Waals surface area contributed by atoms with Gasteiger partial charge in [-0.15, -0.1) is 0 Å². The molecular weight excluding hydrogens is 256 g/mol. The molecule has 0 rings (SSSR count). The number of carboxylic acid groups (broad SMARTS) is 1. The summed E-state index contributed by atoms with van der Waals surface area (Å²) in [6, 6.07) is -1.15. The molecule has 0 bridgehead atoms. The number of carboxylic acids is 1. The van der Waals surface area contributed by atoms with E-state index in [4.69, 9.17) is 5.11 Å². The summed E-state index contributed by atoms with van der Waals surface area (Å²) in [6.07, 6.45) is 6.31. The van der Waals surface area contributed by atoms with Crippen molar-refractivity contribution < 1.29 is 14.7 Å². The van der Waals surface area contributed by atoms with Crippen molar-refractivity contribution in [3.05, 3.63) is 0 Å². The van der Waals surface area contributed by atoms with Crippen LogP contribution in [0, 0.1) is 5.92 Å². The van der Waals surface area contributed by atoms with Crippen molar-refractivity contribution in [1.29, 1.82) is 0 Å². The van der Waals surface area contributed by atoms with E-state index in [0.717, 1.165) is 12.8 Å². The Morgan fingerprint density at radius 1 is 1.05 bits per heavy atom. The zero-order chi connectivity index (χ0) is 15.5. The van der Waals surface area contributed by atoms with Gasteiger partial charge in [-0.05, 0) is 19.3 Å². The Balaban J connectivity index is 4.09. The fourth-order valence-corrected chi connectivity index (χ4v) is 2.04. The summed E-state index contributed by atoms with van der Waals surface area (Å²) >= 11 is 0. The largest absolute Gasteiger partial charge is 0.480 e. The summed E-state index contributed by atoms with van der Waals surface area (Å²) in [5.41, 5.74) is 0. The third kappa shape index (κ3) is 8.02. The van der Waals surface area contributed by atoms with E-state index in [-0.39, 0.29) is 18.0 Å². The number of hydrogen-bond acceptors (Lipinski definition) is 2. The number of aliphatic carboxylic acids is 1. The van der Waals surface area contributed by atoms with Crippen molar-refractivity contribution in [3.8, 4) is 0 Å². The number of nitrogens with one attached hydrogen (secondary N) is 2. The summed E-state index contributed by atoms with van der Waals surface area (Å²) in [6.45, 7) is 7.85. The van der Waals surface area contributed by atoms with Crippen LogP contribution < -0.4 is 10.6 Å². The molecule has 0 aromatic carbocycles. The zero-order valence-electron chi connectivity index (χ0n) is 13.2. The lowest BCUT2D eigenvalue weighted by molar-refractivity contribution is -0.140. The monoisotopic (exact) mass is 286 g/mol. The Bertz CT molecular complexity index is 295. The molecule has 0 aliphatic rings. The van der Waals surface area contributed by atoms with Gasteiger partial charge in [-0.2, -0.15) is 0 Å². The predicted octanol–water partition coefficient (Wildman–Crippen LogP) is 3.14. The van der Waals surface area contributed by atoms with Crippen LogP contribution >= 0.6 is 0 Å². The molecule has 0 aliphatic carbocycles. The molecule has 0 heterocycles. The molecule has 0 fully saturated rings. The van der Waals surface area contributed by atoms with Gasteiger partial charge in [0.2, 0.25) is 0 Å². The lowest BCUT2D eigenvalue weighted by Gasteiger charge is -2.22. The van der Waals surface area contributed by atoms with Crippen LogP contribution in [0.1, 0.15) is 66.2 Å². The minimum atomic E-state index is -0.981. The molecule has 3 N–H and O–H groups in total. The Kier molecular flexibility index (Phi) is 9.86. The molecule has 0 spiro atoms. The quantitative estimate of drug-likeness (QED) is 0.540. The van der Waals surface area contributed by atoms with Gasteiger partial charge in [0.05, 0.1) is 0 Å². The second-order valence-electron chi connectivity index (χ2n) is 5.57. The summed E-state index contributed by atoms with van der Waals surface area (Å²) in [5.74, 6) is -1.07. The molecule has 20 heavy (non-hydrogen) atoms. The van der Waals surface area contributed by atoms with Crippen LogP contribution in [0.25, 0.3) is 0 Å². The van der Waals surface area contributed by atoms with Crippen LogP contribution in [0.2, 0.25) is 0 Å². The maximum Gasteiger partial charge on any atom is 0.326 e. The number of unbranched alkanes of at least 4 members (excludes halogenated alkanes) is 3. The van der Waals surface area contributed by atoms with E-state index in [1.807, 2.05) is 20.8 Å². The van der Waals surface area contributed by atoms with E-state index >= 15 is 0 Å². The molecule has 0 saturated carbocycles. The topological polar surface area (TPSA) is 78.4 Å². The van der Waals surface area contributed by atoms with E-state index in [0.29, 0.717) is 6.42 Å². The number of carbonyl (C=O) groups excluding carboxylic acids is 1. The summed E-state index contributed by atoms with van der Waals surface area (Å²) < 4.78 is 0. The SMILES string of the molecule is CCCCCCC(C)NC(=O)N[C@H](C(=O)O)C(C)CC. The van der Waals surface area contributed by atoms with Crippen LogP contribution in [-0.2, 0) is 4.79 Å². The van der Waals surface area contributed by atoms with Crippen molar-refractivity contribution in [2.75, 3.05) is 0 Å². The van der Waals surface area contributed by atoms with Gasteiger partial charge in [0.1, 0.15) is 6.04 Å². The molecule has 0 aromatic rings. The van der Waals surface area contributed by atoms with Crippen molar-refractivity contribution in [2.45, 2.75) is 78.3 Å². The molecule has 5 nitrogen and oxygen atoms in total. The van der Waals surface area contributed by atoms with Gasteiger partial charge in [0.15, 0.2) is 0 Å². The first-order valence-corrected chi connectivity index (χ1v) is 7.72. The van der Waals surface area contributed by atoms with Gasteiger partial charge in [-0.1, -0.05) is 52.9 Å². The van der Waals surface area contributed by atoms with Gasteiger partial charge in [-0.3, -0.25) is 0 Å². The number of hydrogen-bond donors (Lipinski definition) is 3. The van der Waals surface area contributed by atoms with Crippen LogP contribution in [0.5, 0.6) is 0 Å². The van der Waals surface area contributed by atoms with Crippen molar-refractivity contribution in [3.63, 3.8) is 0 Å². The fourth-order valence-electron chi connectivity index (χ4n) is 2.04. The highest BCUT2D eigenvalue weighted by molar-refractivity contribution is 5.82. The molecule has 2 amide bonds. The molecule has 3 atom stereocenters. The van der Waals surface area contributed by atoms with Crippen LogP contribution in [0.15, 0.2) is 0 Å². The molecule has 5 heteroatoms. The molecule has 0 aromatic heterocycles. The Hall–Kier alpha value is -1.26. The third-order valence-electron chi connectivity index (χ3n) is 3.63. The van der Waals surface area contributed by atoms with Crippen LogP contribution in [0.4, 0.5) is 4.79 Å². The molecule has 118 valence electrons. The normalized spacial score (nSPS) is 15.2. The minimum Gasteiger partial charge on any atom is -0.480 e. The Morgan fingerprint density at radius 2 is 1.70 bits per heavy atom. The minimum absolute atomic E-state index is 0.0678. The first-order chi connectivity index (χ1) is 9.42. The number of carbonyl (C=O) groups is 2. The summed E-state index contributed by atoms with van der Waals surface area (Å²) in [4.78, 5) is 22.9. The lowest BCUT2D eigenvalue weighted by Crippen LogP contribution is -2.50. The van der Waals surface area contributed by atoms with Crippen molar-refractivity contribution >= 4 is 12.0 Å². The van der Waals surface area contributed by atoms with Crippen LogP contribution in [0.3, 0.4) is 0 Å². The second kappa shape index (κ2) is 10.5. The Labute approximate surface area is 122 Å². The molecule has 0 radical (unpaired) electrons. The molecule has 2 unspecified atom stereocenters. The van der Waals surface area contributed by atoms with Gasteiger partial charge < -0.3 is 15.7 Å². The molecule has 0 saturated heterocycles. The maximum absolute atomic E-state index is 11.8. The summed E-state index contributed by atoms with van der Waals surface area (Å²) in [7, 11) is 0. The van der Waals surface area contributed by atoms with E-state index in [9.17, 15) is 9.59 Å². The number of rotatable bonds is 10. The highest BCUT2D eigenvalue weighted by atomic mass is 16.4. The third-order valence-corrected chi connectivity index (χ3v) is 3.63. The van der Waals surface area contributed by atoms with Crippen molar-refractivity contribution in [1.82, 2.24) is 10.6 Å². The molecule has 0 aliphatic heterocycles. The highest BCUT2D eigenvalue weighted by Gasteiger charge is 2.25. The van der Waals surface area contributed by atoms with Crippen molar-refractivity contribution in [2.24, 2.45) is 5.92 Å². The van der Waals surface area contributed by atoms with E-state index < -0.39 is 12.0 Å². The highest BCUT2D eigenvalue weighted by Crippen LogP contribution is 2.08. The predicted molar refractivity (Wildman–Crippen MR) is 80.8 cm³/mol. The fraction of sp³-hybridized carbons (Fsp3) is 0.867. The van der Waals surface area contributed by atoms with Crippen LogP contribution in [-0.4, -0.2) is 29.2 Å². The smallest absolute Gasteiger partial charge is 0.326 e. The number of urea groups is 1. The standard InChI is InChI=1S/C15H30N2O3/c1-5-7-8-9-10-12(4)16-15(20)17-13(14(18)19)11(3)6-2/h11-13H,5-10H2,1-4H3,(H,18,19)(H2,16,17,20)/t11?,12?,13-/m0/s1. The van der Waals surface area contributed by atoms with Gasteiger partial charge in [0.25, 0.3) is 0 Å². The second-order valence-corrected chi connectivity index (χ2v) is 5.57. The average molecular weight is 286 g/mol. The van der Waals surface area contributed by atoms with Gasteiger partial charge >= 0.3 is 12.0 Å². The van der Waals surface area contributed by atoms with Gasteiger partial charge in [-0.25, -0.2) is 9.59 Å². The average Bonchev–Trinajstić information content (AvgIpc) is 2.39. The zero-order valence-corrected chi connectivity index (χ0v) is 13.2. The lowest BCUT2D eigenvalue weighted by atomic mass is 9.99. The molecular formula is C15H30N2O3. The summed E-state index contributed by atoms with van der Waals surface area (Å²) in [5, 5.41) is 14.5. The van der Waals surface area contributed by atoms with E-state index in [1.54, 1.807) is 0 Å². The first kappa shape index (κ1) is 18.7. The first-order valence-electron chi connectivity index (χ1n) is 7.72. The van der Waals surface area contributed by atoms with Gasteiger partial charge in [0, 0.05) is 6.04 Å². The number of amides is 2.